The zero-order chi connectivity index (χ0) is 13.2. The summed E-state index contributed by atoms with van der Waals surface area (Å²) in [5, 5.41) is 9.79. The fourth-order valence-corrected chi connectivity index (χ4v) is 2.83. The van der Waals surface area contributed by atoms with Crippen LogP contribution in [-0.2, 0) is 10.2 Å². The number of likely N-dealkylation sites (N-methyl/N-ethyl adjacent to an activating group) is 1. The number of rotatable bonds is 3. The molecular formula is C15H19NO2. The van der Waals surface area contributed by atoms with Crippen molar-refractivity contribution < 1.29 is 9.90 Å². The summed E-state index contributed by atoms with van der Waals surface area (Å²) in [6.45, 7) is 0. The van der Waals surface area contributed by atoms with Crippen molar-refractivity contribution in [1.82, 2.24) is 4.90 Å². The van der Waals surface area contributed by atoms with Crippen LogP contribution in [0.4, 0.5) is 0 Å². The minimum atomic E-state index is -0.886. The molecule has 0 saturated heterocycles. The van der Waals surface area contributed by atoms with Crippen molar-refractivity contribution >= 4 is 5.97 Å². The fourth-order valence-electron chi connectivity index (χ4n) is 2.83. The molecule has 96 valence electrons. The average molecular weight is 245 g/mol. The number of aliphatic carboxylic acids is 1. The highest BCUT2D eigenvalue weighted by atomic mass is 16.4. The molecule has 1 aliphatic rings. The molecule has 1 aromatic carbocycles. The molecule has 0 saturated carbocycles. The van der Waals surface area contributed by atoms with Crippen LogP contribution in [0.2, 0.25) is 0 Å². The maximum atomic E-state index is 11.9. The predicted octanol–water partition coefficient (Wildman–Crippen LogP) is 2.64. The van der Waals surface area contributed by atoms with Crippen LogP contribution in [0, 0.1) is 0 Å². The molecule has 18 heavy (non-hydrogen) atoms. The third kappa shape index (κ3) is 1.90. The van der Waals surface area contributed by atoms with E-state index in [9.17, 15) is 9.90 Å². The van der Waals surface area contributed by atoms with E-state index in [0.29, 0.717) is 6.42 Å². The normalized spacial score (nSPS) is 23.3. The van der Waals surface area contributed by atoms with Crippen molar-refractivity contribution in [2.24, 2.45) is 0 Å². The van der Waals surface area contributed by atoms with Crippen molar-refractivity contribution in [2.45, 2.75) is 24.7 Å². The molecule has 1 aliphatic carbocycles. The summed E-state index contributed by atoms with van der Waals surface area (Å²) < 4.78 is 0. The van der Waals surface area contributed by atoms with E-state index >= 15 is 0 Å². The van der Waals surface area contributed by atoms with Crippen molar-refractivity contribution in [3.05, 3.63) is 47.7 Å². The van der Waals surface area contributed by atoms with Crippen LogP contribution < -0.4 is 0 Å². The Balaban J connectivity index is 2.60. The molecule has 0 spiro atoms. The van der Waals surface area contributed by atoms with Crippen LogP contribution in [0.1, 0.15) is 24.8 Å². The van der Waals surface area contributed by atoms with E-state index in [2.05, 4.69) is 6.08 Å². The van der Waals surface area contributed by atoms with Gasteiger partial charge in [0.2, 0.25) is 0 Å². The molecule has 2 rings (SSSR count). The van der Waals surface area contributed by atoms with Crippen LogP contribution in [0.15, 0.2) is 42.1 Å². The topological polar surface area (TPSA) is 40.5 Å². The molecule has 3 nitrogen and oxygen atoms in total. The van der Waals surface area contributed by atoms with Gasteiger partial charge < -0.3 is 10.0 Å². The molecule has 1 unspecified atom stereocenters. The van der Waals surface area contributed by atoms with E-state index in [0.717, 1.165) is 24.1 Å². The number of benzene rings is 1. The summed E-state index contributed by atoms with van der Waals surface area (Å²) >= 11 is 0. The Kier molecular flexibility index (Phi) is 3.41. The highest BCUT2D eigenvalue weighted by Gasteiger charge is 2.45. The van der Waals surface area contributed by atoms with Gasteiger partial charge in [0.05, 0.1) is 0 Å². The Morgan fingerprint density at radius 3 is 2.50 bits per heavy atom. The van der Waals surface area contributed by atoms with E-state index in [1.807, 2.05) is 49.3 Å². The van der Waals surface area contributed by atoms with Crippen molar-refractivity contribution in [3.8, 4) is 0 Å². The van der Waals surface area contributed by atoms with Crippen LogP contribution in [0.5, 0.6) is 0 Å². The SMILES string of the molecule is CN(C)C1=CCCCC1(C(=O)O)c1ccccc1. The van der Waals surface area contributed by atoms with E-state index in [4.69, 9.17) is 0 Å². The summed E-state index contributed by atoms with van der Waals surface area (Å²) in [5.41, 5.74) is 0.882. The second-order valence-electron chi connectivity index (χ2n) is 4.95. The van der Waals surface area contributed by atoms with Gasteiger partial charge >= 0.3 is 5.97 Å². The highest BCUT2D eigenvalue weighted by Crippen LogP contribution is 2.41. The summed E-state index contributed by atoms with van der Waals surface area (Å²) in [6.07, 6.45) is 4.59. The van der Waals surface area contributed by atoms with Gasteiger partial charge in [0.25, 0.3) is 0 Å². The number of allylic oxidation sites excluding steroid dienone is 1. The fraction of sp³-hybridized carbons (Fsp3) is 0.400. The molecule has 3 heteroatoms. The minimum Gasteiger partial charge on any atom is -0.480 e. The molecule has 0 radical (unpaired) electrons. The number of hydrogen-bond donors (Lipinski definition) is 1. The molecule has 1 N–H and O–H groups in total. The second-order valence-corrected chi connectivity index (χ2v) is 4.95. The summed E-state index contributed by atoms with van der Waals surface area (Å²) in [7, 11) is 3.83. The first kappa shape index (κ1) is 12.7. The number of carboxylic acid groups (broad SMARTS) is 1. The molecule has 0 fully saturated rings. The van der Waals surface area contributed by atoms with Gasteiger partial charge in [-0.2, -0.15) is 0 Å². The quantitative estimate of drug-likeness (QED) is 0.890. The Morgan fingerprint density at radius 2 is 1.94 bits per heavy atom. The Labute approximate surface area is 108 Å². The zero-order valence-electron chi connectivity index (χ0n) is 10.9. The first-order valence-electron chi connectivity index (χ1n) is 6.26. The van der Waals surface area contributed by atoms with Crippen LogP contribution in [-0.4, -0.2) is 30.1 Å². The lowest BCUT2D eigenvalue weighted by Gasteiger charge is -2.39. The van der Waals surface area contributed by atoms with Gasteiger partial charge in [0.15, 0.2) is 0 Å². The standard InChI is InChI=1S/C15H19NO2/c1-16(2)13-10-6-7-11-15(13,14(17)18)12-8-4-3-5-9-12/h3-5,8-10H,6-7,11H2,1-2H3,(H,17,18). The first-order valence-corrected chi connectivity index (χ1v) is 6.26. The Bertz CT molecular complexity index is 465. The summed E-state index contributed by atoms with van der Waals surface area (Å²) in [6, 6.07) is 9.55. The van der Waals surface area contributed by atoms with Gasteiger partial charge in [-0.05, 0) is 24.8 Å². The lowest BCUT2D eigenvalue weighted by Crippen LogP contribution is -2.44. The van der Waals surface area contributed by atoms with E-state index in [-0.39, 0.29) is 0 Å². The summed E-state index contributed by atoms with van der Waals surface area (Å²) in [5.74, 6) is -0.756. The Hall–Kier alpha value is -1.77. The molecule has 0 aromatic heterocycles. The molecule has 0 aliphatic heterocycles. The summed E-state index contributed by atoms with van der Waals surface area (Å²) in [4.78, 5) is 13.9. The first-order chi connectivity index (χ1) is 8.59. The van der Waals surface area contributed by atoms with E-state index in [1.54, 1.807) is 0 Å². The maximum Gasteiger partial charge on any atom is 0.320 e. The van der Waals surface area contributed by atoms with Crippen LogP contribution >= 0.6 is 0 Å². The third-order valence-electron chi connectivity index (χ3n) is 3.64. The van der Waals surface area contributed by atoms with Crippen molar-refractivity contribution in [1.29, 1.82) is 0 Å². The van der Waals surface area contributed by atoms with Crippen LogP contribution in [0.3, 0.4) is 0 Å². The van der Waals surface area contributed by atoms with E-state index < -0.39 is 11.4 Å². The second kappa shape index (κ2) is 4.84. The van der Waals surface area contributed by atoms with Crippen LogP contribution in [0.25, 0.3) is 0 Å². The van der Waals surface area contributed by atoms with Gasteiger partial charge in [-0.1, -0.05) is 36.4 Å². The molecule has 1 aromatic rings. The Morgan fingerprint density at radius 1 is 1.28 bits per heavy atom. The van der Waals surface area contributed by atoms with Gasteiger partial charge in [0, 0.05) is 19.8 Å². The molecule has 1 atom stereocenters. The number of nitrogens with zero attached hydrogens (tertiary/aromatic N) is 1. The lowest BCUT2D eigenvalue weighted by molar-refractivity contribution is -0.143. The van der Waals surface area contributed by atoms with Crippen molar-refractivity contribution in [2.75, 3.05) is 14.1 Å². The monoisotopic (exact) mass is 245 g/mol. The van der Waals surface area contributed by atoms with Gasteiger partial charge in [-0.15, -0.1) is 0 Å². The highest BCUT2D eigenvalue weighted by molar-refractivity contribution is 5.85. The van der Waals surface area contributed by atoms with Gasteiger partial charge in [-0.25, -0.2) is 0 Å². The largest absolute Gasteiger partial charge is 0.480 e. The van der Waals surface area contributed by atoms with E-state index in [1.165, 1.54) is 0 Å². The number of carbonyl (C=O) groups is 1. The number of hydrogen-bond acceptors (Lipinski definition) is 2. The predicted molar refractivity (Wildman–Crippen MR) is 71.4 cm³/mol. The lowest BCUT2D eigenvalue weighted by atomic mass is 9.70. The molecule has 0 heterocycles. The molecule has 0 amide bonds. The van der Waals surface area contributed by atoms with Gasteiger partial charge in [-0.3, -0.25) is 4.79 Å². The molecule has 0 bridgehead atoms. The average Bonchev–Trinajstić information content (AvgIpc) is 2.39. The smallest absolute Gasteiger partial charge is 0.320 e. The van der Waals surface area contributed by atoms with Crippen molar-refractivity contribution in [3.63, 3.8) is 0 Å². The third-order valence-corrected chi connectivity index (χ3v) is 3.64. The number of carboxylic acids is 1. The molecular weight excluding hydrogens is 226 g/mol. The van der Waals surface area contributed by atoms with Gasteiger partial charge in [0.1, 0.15) is 5.41 Å². The minimum absolute atomic E-state index is 0.663. The maximum absolute atomic E-state index is 11.9. The zero-order valence-corrected chi connectivity index (χ0v) is 10.9.